The van der Waals surface area contributed by atoms with Crippen molar-refractivity contribution in [2.45, 2.75) is 11.3 Å². The smallest absolute Gasteiger partial charge is 0.416 e. The Balaban J connectivity index is 1.90. The Kier molecular flexibility index (Phi) is 5.37. The third-order valence-corrected chi connectivity index (χ3v) is 3.67. The van der Waals surface area contributed by atoms with Gasteiger partial charge in [-0.25, -0.2) is 18.4 Å². The zero-order valence-corrected chi connectivity index (χ0v) is 13.6. The summed E-state index contributed by atoms with van der Waals surface area (Å²) in [5.41, 5.74) is -0.820. The summed E-state index contributed by atoms with van der Waals surface area (Å²) in [6.45, 7) is -0.773. The standard InChI is InChI=1S/C14H11F3N2O6S/c15-14(16,17)8-1-3-9(4-2-8)19-11(20)7-24-13(21)10-5-6-12(25-10)26(18,22)23/h1-6H,7H2,(H,19,20)(H2,18,22,23). The molecule has 2 aromatic rings. The number of amides is 1. The third-order valence-electron chi connectivity index (χ3n) is 2.89. The molecule has 1 aromatic heterocycles. The Hall–Kier alpha value is -2.86. The molecule has 0 aliphatic heterocycles. The number of nitrogens with one attached hydrogen (secondary N) is 1. The van der Waals surface area contributed by atoms with Gasteiger partial charge < -0.3 is 14.5 Å². The molecule has 1 heterocycles. The van der Waals surface area contributed by atoms with Crippen molar-refractivity contribution in [2.24, 2.45) is 5.14 Å². The van der Waals surface area contributed by atoms with Crippen molar-refractivity contribution >= 4 is 27.6 Å². The van der Waals surface area contributed by atoms with Crippen molar-refractivity contribution in [1.82, 2.24) is 0 Å². The van der Waals surface area contributed by atoms with Crippen LogP contribution in [-0.2, 0) is 25.7 Å². The number of esters is 1. The van der Waals surface area contributed by atoms with Crippen LogP contribution in [-0.4, -0.2) is 26.9 Å². The number of hydrogen-bond acceptors (Lipinski definition) is 6. The van der Waals surface area contributed by atoms with Gasteiger partial charge in [0.2, 0.25) is 10.9 Å². The number of halogens is 3. The summed E-state index contributed by atoms with van der Waals surface area (Å²) < 4.78 is 68.6. The number of rotatable bonds is 5. The lowest BCUT2D eigenvalue weighted by Crippen LogP contribution is -2.20. The van der Waals surface area contributed by atoms with E-state index in [4.69, 9.17) is 5.14 Å². The number of carbonyl (C=O) groups is 2. The Morgan fingerprint density at radius 2 is 1.73 bits per heavy atom. The number of sulfonamides is 1. The van der Waals surface area contributed by atoms with E-state index in [9.17, 15) is 31.2 Å². The molecule has 12 heteroatoms. The summed E-state index contributed by atoms with van der Waals surface area (Å²) >= 11 is 0. The van der Waals surface area contributed by atoms with Crippen LogP contribution in [0.2, 0.25) is 0 Å². The fourth-order valence-electron chi connectivity index (χ4n) is 1.72. The number of carbonyl (C=O) groups excluding carboxylic acids is 2. The van der Waals surface area contributed by atoms with Gasteiger partial charge in [-0.1, -0.05) is 0 Å². The molecule has 0 aliphatic carbocycles. The van der Waals surface area contributed by atoms with Crippen LogP contribution in [0.4, 0.5) is 18.9 Å². The lowest BCUT2D eigenvalue weighted by Gasteiger charge is -2.09. The molecule has 0 bridgehead atoms. The van der Waals surface area contributed by atoms with E-state index in [2.05, 4.69) is 14.5 Å². The fourth-order valence-corrected chi connectivity index (χ4v) is 2.19. The lowest BCUT2D eigenvalue weighted by molar-refractivity contribution is -0.137. The molecule has 26 heavy (non-hydrogen) atoms. The molecular formula is C14H11F3N2O6S. The Bertz CT molecular complexity index is 919. The first kappa shape index (κ1) is 19.5. The predicted octanol–water partition coefficient (Wildman–Crippen LogP) is 1.74. The Morgan fingerprint density at radius 3 is 2.23 bits per heavy atom. The first-order valence-electron chi connectivity index (χ1n) is 6.74. The molecule has 0 spiro atoms. The summed E-state index contributed by atoms with van der Waals surface area (Å²) in [4.78, 5) is 23.3. The van der Waals surface area contributed by atoms with Gasteiger partial charge in [-0.3, -0.25) is 4.79 Å². The van der Waals surface area contributed by atoms with Gasteiger partial charge in [-0.15, -0.1) is 0 Å². The van der Waals surface area contributed by atoms with Crippen molar-refractivity contribution in [2.75, 3.05) is 11.9 Å². The zero-order chi connectivity index (χ0) is 19.5. The second kappa shape index (κ2) is 7.17. The molecule has 0 saturated carbocycles. The van der Waals surface area contributed by atoms with Crippen molar-refractivity contribution in [3.63, 3.8) is 0 Å². The first-order valence-corrected chi connectivity index (χ1v) is 8.28. The number of alkyl halides is 3. The largest absolute Gasteiger partial charge is 0.450 e. The van der Waals surface area contributed by atoms with E-state index in [0.29, 0.717) is 0 Å². The van der Waals surface area contributed by atoms with Gasteiger partial charge in [0.05, 0.1) is 5.56 Å². The highest BCUT2D eigenvalue weighted by atomic mass is 32.2. The highest BCUT2D eigenvalue weighted by molar-refractivity contribution is 7.89. The Labute approximate surface area is 144 Å². The van der Waals surface area contributed by atoms with E-state index in [0.717, 1.165) is 36.4 Å². The molecule has 3 N–H and O–H groups in total. The monoisotopic (exact) mass is 392 g/mol. The minimum Gasteiger partial charge on any atom is -0.450 e. The van der Waals surface area contributed by atoms with Gasteiger partial charge in [0.15, 0.2) is 6.61 Å². The topological polar surface area (TPSA) is 129 Å². The van der Waals surface area contributed by atoms with Crippen molar-refractivity contribution < 1.29 is 40.3 Å². The minimum absolute atomic E-state index is 0.0635. The molecule has 1 amide bonds. The highest BCUT2D eigenvalue weighted by Crippen LogP contribution is 2.29. The van der Waals surface area contributed by atoms with Crippen LogP contribution in [0.5, 0.6) is 0 Å². The van der Waals surface area contributed by atoms with Gasteiger partial charge in [0.1, 0.15) is 0 Å². The molecule has 0 saturated heterocycles. The van der Waals surface area contributed by atoms with Gasteiger partial charge in [-0.05, 0) is 36.4 Å². The quantitative estimate of drug-likeness (QED) is 0.746. The van der Waals surface area contributed by atoms with E-state index in [-0.39, 0.29) is 5.69 Å². The van der Waals surface area contributed by atoms with Gasteiger partial charge >= 0.3 is 12.1 Å². The molecule has 8 nitrogen and oxygen atoms in total. The molecule has 140 valence electrons. The van der Waals surface area contributed by atoms with E-state index in [1.54, 1.807) is 0 Å². The second-order valence-corrected chi connectivity index (χ2v) is 6.36. The number of nitrogens with two attached hydrogens (primary N) is 1. The molecule has 0 fully saturated rings. The van der Waals surface area contributed by atoms with Gasteiger partial charge in [-0.2, -0.15) is 13.2 Å². The third kappa shape index (κ3) is 5.07. The van der Waals surface area contributed by atoms with Gasteiger partial charge in [0.25, 0.3) is 15.9 Å². The van der Waals surface area contributed by atoms with E-state index in [1.165, 1.54) is 0 Å². The number of hydrogen-bond donors (Lipinski definition) is 2. The second-order valence-electron chi connectivity index (χ2n) is 4.86. The summed E-state index contributed by atoms with van der Waals surface area (Å²) in [5, 5.41) is 6.38. The number of primary sulfonamides is 1. The Morgan fingerprint density at radius 1 is 1.12 bits per heavy atom. The average Bonchev–Trinajstić information content (AvgIpc) is 3.02. The van der Waals surface area contributed by atoms with Crippen LogP contribution in [0.25, 0.3) is 0 Å². The first-order chi connectivity index (χ1) is 12.0. The molecule has 1 aromatic carbocycles. The van der Waals surface area contributed by atoms with Crippen LogP contribution in [0, 0.1) is 0 Å². The van der Waals surface area contributed by atoms with Crippen LogP contribution in [0.1, 0.15) is 16.1 Å². The normalized spacial score (nSPS) is 11.8. The molecule has 2 rings (SSSR count). The van der Waals surface area contributed by atoms with Crippen LogP contribution < -0.4 is 10.5 Å². The molecule has 0 atom stereocenters. The van der Waals surface area contributed by atoms with Crippen LogP contribution in [0.15, 0.2) is 45.9 Å². The minimum atomic E-state index is -4.50. The SMILES string of the molecule is NS(=O)(=O)c1ccc(C(=O)OCC(=O)Nc2ccc(C(F)(F)F)cc2)o1. The maximum Gasteiger partial charge on any atom is 0.416 e. The number of ether oxygens (including phenoxy) is 1. The molecule has 0 radical (unpaired) electrons. The fraction of sp³-hybridized carbons (Fsp3) is 0.143. The predicted molar refractivity (Wildman–Crippen MR) is 80.4 cm³/mol. The highest BCUT2D eigenvalue weighted by Gasteiger charge is 2.30. The maximum absolute atomic E-state index is 12.4. The molecular weight excluding hydrogens is 381 g/mol. The lowest BCUT2D eigenvalue weighted by atomic mass is 10.2. The summed E-state index contributed by atoms with van der Waals surface area (Å²) in [6.07, 6.45) is -4.50. The maximum atomic E-state index is 12.4. The molecule has 0 aliphatic rings. The summed E-state index contributed by atoms with van der Waals surface area (Å²) in [7, 11) is -4.14. The van der Waals surface area contributed by atoms with Gasteiger partial charge in [0, 0.05) is 5.69 Å². The molecule has 0 unspecified atom stereocenters. The number of furan rings is 1. The summed E-state index contributed by atoms with van der Waals surface area (Å²) in [5.74, 6) is -2.44. The van der Waals surface area contributed by atoms with E-state index < -0.39 is 51.1 Å². The van der Waals surface area contributed by atoms with Crippen LogP contribution >= 0.6 is 0 Å². The summed E-state index contributed by atoms with van der Waals surface area (Å²) in [6, 6.07) is 5.56. The van der Waals surface area contributed by atoms with Crippen LogP contribution in [0.3, 0.4) is 0 Å². The zero-order valence-electron chi connectivity index (χ0n) is 12.7. The van der Waals surface area contributed by atoms with Crippen molar-refractivity contribution in [3.8, 4) is 0 Å². The van der Waals surface area contributed by atoms with Crippen molar-refractivity contribution in [3.05, 3.63) is 47.7 Å². The van der Waals surface area contributed by atoms with Crippen molar-refractivity contribution in [1.29, 1.82) is 0 Å². The van der Waals surface area contributed by atoms with E-state index in [1.807, 2.05) is 0 Å². The average molecular weight is 392 g/mol. The number of benzene rings is 1. The van der Waals surface area contributed by atoms with E-state index >= 15 is 0 Å². The number of anilines is 1.